The van der Waals surface area contributed by atoms with Crippen molar-refractivity contribution in [2.45, 2.75) is 11.7 Å². The summed E-state index contributed by atoms with van der Waals surface area (Å²) in [7, 11) is 2.89. The van der Waals surface area contributed by atoms with E-state index in [0.717, 1.165) is 16.8 Å². The van der Waals surface area contributed by atoms with Crippen LogP contribution in [0.3, 0.4) is 0 Å². The Morgan fingerprint density at radius 3 is 2.73 bits per heavy atom. The number of amides is 2. The maximum Gasteiger partial charge on any atom is 0.296 e. The van der Waals surface area contributed by atoms with E-state index in [4.69, 9.17) is 18.9 Å². The van der Waals surface area contributed by atoms with Crippen LogP contribution in [0.4, 0.5) is 17.1 Å². The average molecular weight is 578 g/mol. The number of aliphatic imine (C=N–C) groups is 1. The van der Waals surface area contributed by atoms with E-state index in [1.54, 1.807) is 42.5 Å². The van der Waals surface area contributed by atoms with E-state index >= 15 is 0 Å². The fourth-order valence-corrected chi connectivity index (χ4v) is 5.05. The van der Waals surface area contributed by atoms with Crippen LogP contribution < -0.4 is 24.3 Å². The molecular formula is C27H23N5O8S. The van der Waals surface area contributed by atoms with Crippen LogP contribution in [0.2, 0.25) is 0 Å². The van der Waals surface area contributed by atoms with Crippen molar-refractivity contribution in [2.75, 3.05) is 26.3 Å². The fourth-order valence-electron chi connectivity index (χ4n) is 3.98. The smallest absolute Gasteiger partial charge is 0.296 e. The molecule has 41 heavy (non-hydrogen) atoms. The summed E-state index contributed by atoms with van der Waals surface area (Å²) in [6, 6.07) is 16.3. The largest absolute Gasteiger partial charge is 0.496 e. The monoisotopic (exact) mass is 577 g/mol. The second kappa shape index (κ2) is 12.0. The van der Waals surface area contributed by atoms with Crippen molar-refractivity contribution in [3.8, 4) is 23.0 Å². The summed E-state index contributed by atoms with van der Waals surface area (Å²) in [6.45, 7) is 0.121. The number of anilines is 1. The summed E-state index contributed by atoms with van der Waals surface area (Å²) in [5, 5.41) is 18.9. The maximum absolute atomic E-state index is 13.4. The first kappa shape index (κ1) is 27.5. The molecule has 0 aromatic heterocycles. The molecule has 1 saturated heterocycles. The highest BCUT2D eigenvalue weighted by Crippen LogP contribution is 2.36. The highest BCUT2D eigenvalue weighted by atomic mass is 32.2. The first-order valence-electron chi connectivity index (χ1n) is 12.1. The van der Waals surface area contributed by atoms with Crippen molar-refractivity contribution in [1.29, 1.82) is 0 Å². The number of nitro benzene ring substituents is 1. The Labute approximate surface area is 237 Å². The number of benzene rings is 3. The molecule has 2 aliphatic heterocycles. The van der Waals surface area contributed by atoms with Crippen LogP contribution in [-0.4, -0.2) is 59.4 Å². The topological polar surface area (TPSA) is 154 Å². The quantitative estimate of drug-likeness (QED) is 0.222. The number of fused-ring (bicyclic) bond motifs is 1. The summed E-state index contributed by atoms with van der Waals surface area (Å²) < 4.78 is 21.2. The number of para-hydroxylation sites is 2. The number of carbonyl (C=O) groups excluding carboxylic acids is 2. The van der Waals surface area contributed by atoms with Gasteiger partial charge in [0, 0.05) is 6.42 Å². The van der Waals surface area contributed by atoms with Gasteiger partial charge in [-0.3, -0.25) is 19.7 Å². The summed E-state index contributed by atoms with van der Waals surface area (Å²) in [4.78, 5) is 41.9. The first-order valence-corrected chi connectivity index (χ1v) is 13.0. The Morgan fingerprint density at radius 2 is 1.95 bits per heavy atom. The molecule has 1 N–H and O–H groups in total. The Morgan fingerprint density at radius 1 is 1.15 bits per heavy atom. The number of nitrogens with one attached hydrogen (secondary N) is 1. The minimum Gasteiger partial charge on any atom is -0.496 e. The molecule has 3 aromatic carbocycles. The van der Waals surface area contributed by atoms with E-state index in [9.17, 15) is 19.7 Å². The van der Waals surface area contributed by atoms with E-state index in [-0.39, 0.29) is 35.5 Å². The number of hydrogen-bond acceptors (Lipinski definition) is 11. The number of nitrogens with zero attached hydrogens (tertiary/aromatic N) is 4. The molecule has 3 aromatic rings. The zero-order chi connectivity index (χ0) is 28.9. The number of amidine groups is 1. The summed E-state index contributed by atoms with van der Waals surface area (Å²) in [6.07, 6.45) is 1.19. The molecular weight excluding hydrogens is 554 g/mol. The van der Waals surface area contributed by atoms with Crippen LogP contribution in [0.25, 0.3) is 0 Å². The Bertz CT molecular complexity index is 1580. The number of methoxy groups -OCH3 is 2. The van der Waals surface area contributed by atoms with Gasteiger partial charge in [-0.1, -0.05) is 23.9 Å². The molecule has 14 heteroatoms. The summed E-state index contributed by atoms with van der Waals surface area (Å²) in [5.74, 6) is 0.838. The maximum atomic E-state index is 13.4. The fraction of sp³-hybridized carbons (Fsp3) is 0.185. The van der Waals surface area contributed by atoms with Crippen molar-refractivity contribution in [1.82, 2.24) is 5.01 Å². The second-order valence-corrected chi connectivity index (χ2v) is 9.74. The Balaban J connectivity index is 1.39. The molecule has 0 saturated carbocycles. The van der Waals surface area contributed by atoms with Gasteiger partial charge in [-0.05, 0) is 48.0 Å². The molecule has 0 radical (unpaired) electrons. The molecule has 13 nitrogen and oxygen atoms in total. The van der Waals surface area contributed by atoms with Crippen LogP contribution in [0.5, 0.6) is 23.0 Å². The van der Waals surface area contributed by atoms with Crippen molar-refractivity contribution < 1.29 is 33.5 Å². The second-order valence-electron chi connectivity index (χ2n) is 8.57. The average Bonchev–Trinajstić information content (AvgIpc) is 3.55. The Hall–Kier alpha value is -5.11. The minimum absolute atomic E-state index is 0.0168. The Kier molecular flexibility index (Phi) is 8.01. The van der Waals surface area contributed by atoms with Gasteiger partial charge < -0.3 is 24.3 Å². The third-order valence-corrected chi connectivity index (χ3v) is 7.11. The zero-order valence-corrected chi connectivity index (χ0v) is 22.6. The van der Waals surface area contributed by atoms with E-state index in [2.05, 4.69) is 15.4 Å². The van der Waals surface area contributed by atoms with Gasteiger partial charge in [0.15, 0.2) is 16.7 Å². The number of nitro groups is 1. The van der Waals surface area contributed by atoms with Crippen molar-refractivity contribution in [2.24, 2.45) is 10.1 Å². The lowest BCUT2D eigenvalue weighted by atomic mass is 10.2. The molecule has 2 heterocycles. The van der Waals surface area contributed by atoms with Crippen LogP contribution >= 0.6 is 11.8 Å². The van der Waals surface area contributed by atoms with Gasteiger partial charge in [-0.2, -0.15) is 10.1 Å². The number of thioether (sulfide) groups is 1. The number of hydrazone groups is 1. The van der Waals surface area contributed by atoms with Gasteiger partial charge in [0.05, 0.1) is 31.4 Å². The van der Waals surface area contributed by atoms with E-state index in [1.807, 2.05) is 0 Å². The SMILES string of the molecule is COc1ccc(NC(=O)CC2SC(=Nc3ccccc3OC)N(N=Cc3ccc4c(c3)OCO4)C2=O)c([N+](=O)[O-])c1. The normalized spacial score (nSPS) is 16.8. The number of rotatable bonds is 9. The molecule has 5 rings (SSSR count). The van der Waals surface area contributed by atoms with Gasteiger partial charge >= 0.3 is 0 Å². The molecule has 210 valence electrons. The molecule has 0 bridgehead atoms. The van der Waals surface area contributed by atoms with Gasteiger partial charge in [-0.15, -0.1) is 0 Å². The van der Waals surface area contributed by atoms with Gasteiger partial charge in [0.25, 0.3) is 11.6 Å². The standard InChI is InChI=1S/C27H23N5O8S/c1-37-17-8-9-18(20(12-17)32(35)36)29-25(33)13-24-26(34)31(27(41-24)30-19-5-3-4-6-21(19)38-2)28-14-16-7-10-22-23(11-16)40-15-39-22/h3-12,14,24H,13,15H2,1-2H3,(H,29,33). The van der Waals surface area contributed by atoms with Crippen LogP contribution in [-0.2, 0) is 9.59 Å². The number of carbonyl (C=O) groups is 2. The van der Waals surface area contributed by atoms with Gasteiger partial charge in [0.2, 0.25) is 12.7 Å². The lowest BCUT2D eigenvalue weighted by Gasteiger charge is -2.11. The van der Waals surface area contributed by atoms with Crippen LogP contribution in [0.15, 0.2) is 70.8 Å². The van der Waals surface area contributed by atoms with Crippen LogP contribution in [0.1, 0.15) is 12.0 Å². The molecule has 1 atom stereocenters. The lowest BCUT2D eigenvalue weighted by Crippen LogP contribution is -2.29. The van der Waals surface area contributed by atoms with Crippen molar-refractivity contribution in [3.63, 3.8) is 0 Å². The van der Waals surface area contributed by atoms with Crippen LogP contribution in [0, 0.1) is 10.1 Å². The van der Waals surface area contributed by atoms with Crippen molar-refractivity contribution >= 4 is 52.0 Å². The summed E-state index contributed by atoms with van der Waals surface area (Å²) >= 11 is 1.05. The van der Waals surface area contributed by atoms with Gasteiger partial charge in [-0.25, -0.2) is 4.99 Å². The summed E-state index contributed by atoms with van der Waals surface area (Å²) in [5.41, 5.74) is 0.762. The predicted molar refractivity (Wildman–Crippen MR) is 151 cm³/mol. The number of ether oxygens (including phenoxy) is 4. The first-order chi connectivity index (χ1) is 19.9. The molecule has 0 aliphatic carbocycles. The molecule has 0 spiro atoms. The predicted octanol–water partition coefficient (Wildman–Crippen LogP) is 4.34. The third kappa shape index (κ3) is 6.06. The molecule has 2 amide bonds. The zero-order valence-electron chi connectivity index (χ0n) is 21.8. The molecule has 1 fully saturated rings. The molecule has 2 aliphatic rings. The molecule has 1 unspecified atom stereocenters. The van der Waals surface area contributed by atoms with Gasteiger partial charge in [0.1, 0.15) is 28.1 Å². The number of hydrogen-bond donors (Lipinski definition) is 1. The highest BCUT2D eigenvalue weighted by Gasteiger charge is 2.40. The highest BCUT2D eigenvalue weighted by molar-refractivity contribution is 8.15. The van der Waals surface area contributed by atoms with Crippen molar-refractivity contribution in [3.05, 3.63) is 76.3 Å². The lowest BCUT2D eigenvalue weighted by molar-refractivity contribution is -0.384. The van der Waals surface area contributed by atoms with E-state index in [0.29, 0.717) is 28.5 Å². The van der Waals surface area contributed by atoms with E-state index < -0.39 is 22.0 Å². The minimum atomic E-state index is -0.894. The third-order valence-electron chi connectivity index (χ3n) is 5.98. The van der Waals surface area contributed by atoms with E-state index in [1.165, 1.54) is 38.6 Å².